The Labute approximate surface area is 139 Å². The van der Waals surface area contributed by atoms with Crippen molar-refractivity contribution in [2.75, 3.05) is 0 Å². The second-order valence-corrected chi connectivity index (χ2v) is 6.20. The largest absolute Gasteiger partial charge is 0.416 e. The molecule has 0 aliphatic rings. The van der Waals surface area contributed by atoms with Crippen LogP contribution in [0.5, 0.6) is 0 Å². The van der Waals surface area contributed by atoms with Gasteiger partial charge in [-0.25, -0.2) is 4.98 Å². The first-order valence-corrected chi connectivity index (χ1v) is 7.58. The van der Waals surface area contributed by atoms with Gasteiger partial charge in [0.25, 0.3) is 0 Å². The van der Waals surface area contributed by atoms with Crippen molar-refractivity contribution in [2.24, 2.45) is 7.05 Å². The monoisotopic (exact) mass is 349 g/mol. The van der Waals surface area contributed by atoms with Crippen LogP contribution in [0.25, 0.3) is 22.0 Å². The summed E-state index contributed by atoms with van der Waals surface area (Å²) >= 11 is 1.33. The number of rotatable bonds is 2. The molecular weight excluding hydrogens is 339 g/mol. The lowest BCUT2D eigenvalue weighted by Crippen LogP contribution is -2.03. The van der Waals surface area contributed by atoms with Gasteiger partial charge in [0.05, 0.1) is 5.56 Å². The molecule has 0 atom stereocenters. The number of thiazole rings is 1. The van der Waals surface area contributed by atoms with Crippen LogP contribution in [-0.4, -0.2) is 20.0 Å². The van der Waals surface area contributed by atoms with Gasteiger partial charge in [0.15, 0.2) is 11.4 Å². The third kappa shape index (κ3) is 2.88. The highest BCUT2D eigenvalue weighted by molar-refractivity contribution is 7.15. The van der Waals surface area contributed by atoms with Crippen LogP contribution in [0.2, 0.25) is 0 Å². The molecule has 0 N–H and O–H groups in total. The maximum atomic E-state index is 12.6. The molecule has 5 nitrogen and oxygen atoms in total. The number of alkyl halides is 3. The van der Waals surface area contributed by atoms with E-state index < -0.39 is 11.7 Å². The Morgan fingerprint density at radius 2 is 1.79 bits per heavy atom. The zero-order valence-corrected chi connectivity index (χ0v) is 13.4. The molecule has 0 saturated carbocycles. The summed E-state index contributed by atoms with van der Waals surface area (Å²) in [6.45, 7) is 1.82. The molecule has 2 heterocycles. The first kappa shape index (κ1) is 16.1. The molecule has 0 aliphatic carbocycles. The van der Waals surface area contributed by atoms with Gasteiger partial charge in [-0.05, 0) is 19.1 Å². The average Bonchev–Trinajstić information content (AvgIpc) is 3.09. The molecular formula is C15H10F3N5S. The van der Waals surface area contributed by atoms with E-state index in [0.29, 0.717) is 22.0 Å². The summed E-state index contributed by atoms with van der Waals surface area (Å²) in [5.41, 5.74) is 0.904. The van der Waals surface area contributed by atoms with Gasteiger partial charge < -0.3 is 0 Å². The minimum absolute atomic E-state index is 0.157. The van der Waals surface area contributed by atoms with Crippen LogP contribution < -0.4 is 0 Å². The molecule has 0 unspecified atom stereocenters. The standard InChI is InChI=1S/C15H10F3N5S/c1-8-12(13-11(7-19)21-23(2)22-13)20-14(24-8)9-3-5-10(6-4-9)15(16,17)18/h3-6H,1-2H3. The molecule has 0 saturated heterocycles. The predicted octanol–water partition coefficient (Wildman–Crippen LogP) is 3.80. The molecule has 9 heteroatoms. The highest BCUT2D eigenvalue weighted by Crippen LogP contribution is 2.35. The third-order valence-electron chi connectivity index (χ3n) is 3.30. The summed E-state index contributed by atoms with van der Waals surface area (Å²) < 4.78 is 37.9. The van der Waals surface area contributed by atoms with Crippen LogP contribution in [0, 0.1) is 18.3 Å². The normalized spacial score (nSPS) is 11.5. The molecule has 2 aromatic heterocycles. The van der Waals surface area contributed by atoms with E-state index in [1.807, 2.05) is 13.0 Å². The summed E-state index contributed by atoms with van der Waals surface area (Å²) in [6.07, 6.45) is -4.37. The summed E-state index contributed by atoms with van der Waals surface area (Å²) in [7, 11) is 1.60. The Morgan fingerprint density at radius 1 is 1.12 bits per heavy atom. The van der Waals surface area contributed by atoms with Crippen molar-refractivity contribution in [3.8, 4) is 28.0 Å². The SMILES string of the molecule is Cc1sc(-c2ccc(C(F)(F)F)cc2)nc1-c1nn(C)nc1C#N. The number of hydrogen-bond acceptors (Lipinski definition) is 5. The Kier molecular flexibility index (Phi) is 3.85. The Balaban J connectivity index is 2.02. The third-order valence-corrected chi connectivity index (χ3v) is 4.32. The minimum Gasteiger partial charge on any atom is -0.234 e. The second kappa shape index (κ2) is 5.72. The molecule has 0 spiro atoms. The molecule has 24 heavy (non-hydrogen) atoms. The highest BCUT2D eigenvalue weighted by Gasteiger charge is 2.30. The quantitative estimate of drug-likeness (QED) is 0.706. The van der Waals surface area contributed by atoms with Crippen molar-refractivity contribution in [2.45, 2.75) is 13.1 Å². The van der Waals surface area contributed by atoms with Crippen molar-refractivity contribution >= 4 is 11.3 Å². The van der Waals surface area contributed by atoms with Gasteiger partial charge in [0, 0.05) is 17.5 Å². The zero-order valence-electron chi connectivity index (χ0n) is 12.6. The van der Waals surface area contributed by atoms with E-state index in [-0.39, 0.29) is 5.69 Å². The lowest BCUT2D eigenvalue weighted by atomic mass is 10.1. The number of nitrogens with zero attached hydrogens (tertiary/aromatic N) is 5. The van der Waals surface area contributed by atoms with Crippen molar-refractivity contribution in [1.29, 1.82) is 5.26 Å². The van der Waals surface area contributed by atoms with E-state index >= 15 is 0 Å². The van der Waals surface area contributed by atoms with Gasteiger partial charge in [-0.3, -0.25) is 0 Å². The van der Waals surface area contributed by atoms with E-state index in [0.717, 1.165) is 17.0 Å². The number of benzene rings is 1. The van der Waals surface area contributed by atoms with Gasteiger partial charge in [-0.2, -0.15) is 28.3 Å². The fourth-order valence-electron chi connectivity index (χ4n) is 2.18. The molecule has 122 valence electrons. The van der Waals surface area contributed by atoms with Gasteiger partial charge in [-0.15, -0.1) is 16.4 Å². The van der Waals surface area contributed by atoms with E-state index in [1.165, 1.54) is 28.3 Å². The van der Waals surface area contributed by atoms with Gasteiger partial charge in [0.1, 0.15) is 16.8 Å². The maximum absolute atomic E-state index is 12.6. The second-order valence-electron chi connectivity index (χ2n) is 5.00. The van der Waals surface area contributed by atoms with Crippen LogP contribution in [0.4, 0.5) is 13.2 Å². The Bertz CT molecular complexity index is 932. The molecule has 0 bridgehead atoms. The molecule has 0 radical (unpaired) electrons. The first-order valence-electron chi connectivity index (χ1n) is 6.76. The van der Waals surface area contributed by atoms with E-state index in [1.54, 1.807) is 7.05 Å². The Morgan fingerprint density at radius 3 is 2.38 bits per heavy atom. The molecule has 0 amide bonds. The van der Waals surface area contributed by atoms with Crippen LogP contribution in [0.15, 0.2) is 24.3 Å². The van der Waals surface area contributed by atoms with Crippen LogP contribution in [-0.2, 0) is 13.2 Å². The fourth-order valence-corrected chi connectivity index (χ4v) is 3.10. The van der Waals surface area contributed by atoms with Gasteiger partial charge in [0.2, 0.25) is 0 Å². The predicted molar refractivity (Wildman–Crippen MR) is 82.0 cm³/mol. The van der Waals surface area contributed by atoms with Crippen molar-refractivity contribution < 1.29 is 13.2 Å². The van der Waals surface area contributed by atoms with Gasteiger partial charge in [-0.1, -0.05) is 12.1 Å². The van der Waals surface area contributed by atoms with Crippen molar-refractivity contribution in [3.63, 3.8) is 0 Å². The average molecular weight is 349 g/mol. The van der Waals surface area contributed by atoms with Crippen LogP contribution in [0.1, 0.15) is 16.1 Å². The molecule has 3 rings (SSSR count). The van der Waals surface area contributed by atoms with E-state index in [2.05, 4.69) is 15.2 Å². The lowest BCUT2D eigenvalue weighted by molar-refractivity contribution is -0.137. The maximum Gasteiger partial charge on any atom is 0.416 e. The topological polar surface area (TPSA) is 67.4 Å². The minimum atomic E-state index is -4.37. The molecule has 0 aliphatic heterocycles. The van der Waals surface area contributed by atoms with Gasteiger partial charge >= 0.3 is 6.18 Å². The Hall–Kier alpha value is -2.73. The number of aromatic nitrogens is 4. The molecule has 3 aromatic rings. The summed E-state index contributed by atoms with van der Waals surface area (Å²) in [5, 5.41) is 17.8. The fraction of sp³-hybridized carbons (Fsp3) is 0.200. The van der Waals surface area contributed by atoms with Crippen molar-refractivity contribution in [3.05, 3.63) is 40.4 Å². The first-order chi connectivity index (χ1) is 11.3. The van der Waals surface area contributed by atoms with E-state index in [4.69, 9.17) is 5.26 Å². The summed E-state index contributed by atoms with van der Waals surface area (Å²) in [4.78, 5) is 6.52. The highest BCUT2D eigenvalue weighted by atomic mass is 32.1. The van der Waals surface area contributed by atoms with Crippen LogP contribution in [0.3, 0.4) is 0 Å². The number of halogens is 3. The summed E-state index contributed by atoms with van der Waals surface area (Å²) in [6, 6.07) is 6.77. The van der Waals surface area contributed by atoms with Crippen LogP contribution >= 0.6 is 11.3 Å². The molecule has 1 aromatic carbocycles. The lowest BCUT2D eigenvalue weighted by Gasteiger charge is -2.06. The van der Waals surface area contributed by atoms with E-state index in [9.17, 15) is 13.2 Å². The van der Waals surface area contributed by atoms with Crippen molar-refractivity contribution in [1.82, 2.24) is 20.0 Å². The number of aryl methyl sites for hydroxylation is 2. The summed E-state index contributed by atoms with van der Waals surface area (Å²) in [5.74, 6) is 0. The molecule has 0 fully saturated rings. The number of hydrogen-bond donors (Lipinski definition) is 0. The number of nitriles is 1. The smallest absolute Gasteiger partial charge is 0.234 e. The zero-order chi connectivity index (χ0) is 17.5.